The van der Waals surface area contributed by atoms with Crippen molar-refractivity contribution in [1.82, 2.24) is 0 Å². The number of ether oxygens (including phenoxy) is 1. The Balaban J connectivity index is 3.12. The molecule has 0 fully saturated rings. The second-order valence-electron chi connectivity index (χ2n) is 3.49. The van der Waals surface area contributed by atoms with Gasteiger partial charge in [-0.1, -0.05) is 6.92 Å². The number of nitro groups is 1. The van der Waals surface area contributed by atoms with Crippen molar-refractivity contribution < 1.29 is 22.5 Å². The highest BCUT2D eigenvalue weighted by Gasteiger charge is 2.25. The maximum absolute atomic E-state index is 13.6. The fourth-order valence-corrected chi connectivity index (χ4v) is 2.71. The van der Waals surface area contributed by atoms with Crippen LogP contribution in [0.15, 0.2) is 17.0 Å². The summed E-state index contributed by atoms with van der Waals surface area (Å²) in [7, 11) is 0.602. The van der Waals surface area contributed by atoms with Gasteiger partial charge in [0.15, 0.2) is 5.75 Å². The first-order valence-electron chi connectivity index (χ1n) is 5.40. The van der Waals surface area contributed by atoms with Gasteiger partial charge in [0.1, 0.15) is 10.7 Å². The molecule has 0 aliphatic heterocycles. The van der Waals surface area contributed by atoms with Crippen LogP contribution in [0.4, 0.5) is 10.1 Å². The quantitative estimate of drug-likeness (QED) is 0.327. The number of rotatable bonds is 7. The standard InChI is InChI=1S/C10H11ClFNO5S2/c1-2-19-4-3-18-9-5-7(12)10(20(11,16)17)6-8(9)13(14)15/h5-6H,2-4H2,1H3. The van der Waals surface area contributed by atoms with Crippen molar-refractivity contribution in [3.63, 3.8) is 0 Å². The third kappa shape index (κ3) is 4.50. The van der Waals surface area contributed by atoms with Crippen LogP contribution in [0.3, 0.4) is 0 Å². The van der Waals surface area contributed by atoms with Crippen LogP contribution >= 0.6 is 22.4 Å². The molecule has 0 spiro atoms. The van der Waals surface area contributed by atoms with Gasteiger partial charge in [0.25, 0.3) is 9.05 Å². The van der Waals surface area contributed by atoms with E-state index < -0.39 is 30.4 Å². The third-order valence-electron chi connectivity index (χ3n) is 2.16. The minimum atomic E-state index is -4.40. The molecule has 0 heterocycles. The zero-order chi connectivity index (χ0) is 15.3. The molecule has 1 aromatic rings. The Morgan fingerprint density at radius 1 is 1.50 bits per heavy atom. The molecule has 1 rings (SSSR count). The molecule has 1 aromatic carbocycles. The van der Waals surface area contributed by atoms with Gasteiger partial charge < -0.3 is 4.74 Å². The first-order chi connectivity index (χ1) is 9.27. The second kappa shape index (κ2) is 7.09. The summed E-state index contributed by atoms with van der Waals surface area (Å²) in [5, 5.41) is 10.9. The molecule has 20 heavy (non-hydrogen) atoms. The highest BCUT2D eigenvalue weighted by molar-refractivity contribution is 8.13. The molecule has 0 saturated heterocycles. The predicted octanol–water partition coefficient (Wildman–Crippen LogP) is 2.79. The van der Waals surface area contributed by atoms with Gasteiger partial charge in [0.2, 0.25) is 0 Å². The lowest BCUT2D eigenvalue weighted by atomic mass is 10.3. The van der Waals surface area contributed by atoms with Crippen LogP contribution < -0.4 is 4.74 Å². The fraction of sp³-hybridized carbons (Fsp3) is 0.400. The second-order valence-corrected chi connectivity index (χ2v) is 7.42. The summed E-state index contributed by atoms with van der Waals surface area (Å²) in [4.78, 5) is 9.06. The Morgan fingerprint density at radius 3 is 2.65 bits per heavy atom. The SMILES string of the molecule is CCSCCOc1cc(F)c(S(=O)(=O)Cl)cc1[N+](=O)[O-]. The first kappa shape index (κ1) is 17.0. The van der Waals surface area contributed by atoms with E-state index in [9.17, 15) is 22.9 Å². The smallest absolute Gasteiger partial charge is 0.312 e. The summed E-state index contributed by atoms with van der Waals surface area (Å²) < 4.78 is 40.9. The molecule has 0 aliphatic rings. The van der Waals surface area contributed by atoms with Crippen LogP contribution in [0.2, 0.25) is 0 Å². The van der Waals surface area contributed by atoms with Crippen LogP contribution in [0.1, 0.15) is 6.92 Å². The van der Waals surface area contributed by atoms with Crippen LogP contribution in [0, 0.1) is 15.9 Å². The van der Waals surface area contributed by atoms with Gasteiger partial charge in [-0.2, -0.15) is 11.8 Å². The highest BCUT2D eigenvalue weighted by Crippen LogP contribution is 2.33. The number of hydrogen-bond acceptors (Lipinski definition) is 6. The van der Waals surface area contributed by atoms with Gasteiger partial charge in [-0.25, -0.2) is 12.8 Å². The van der Waals surface area contributed by atoms with E-state index in [1.807, 2.05) is 6.92 Å². The van der Waals surface area contributed by atoms with Gasteiger partial charge in [-0.05, 0) is 5.75 Å². The van der Waals surface area contributed by atoms with Crippen molar-refractivity contribution in [1.29, 1.82) is 0 Å². The molecule has 6 nitrogen and oxygen atoms in total. The zero-order valence-corrected chi connectivity index (χ0v) is 12.7. The molecule has 0 atom stereocenters. The van der Waals surface area contributed by atoms with E-state index in [0.29, 0.717) is 17.9 Å². The van der Waals surface area contributed by atoms with Gasteiger partial charge in [-0.15, -0.1) is 0 Å². The van der Waals surface area contributed by atoms with Crippen molar-refractivity contribution in [2.45, 2.75) is 11.8 Å². The minimum absolute atomic E-state index is 0.145. The molecule has 0 amide bonds. The van der Waals surface area contributed by atoms with E-state index in [4.69, 9.17) is 15.4 Å². The van der Waals surface area contributed by atoms with E-state index >= 15 is 0 Å². The normalized spacial score (nSPS) is 11.3. The summed E-state index contributed by atoms with van der Waals surface area (Å²) >= 11 is 1.55. The Labute approximate surface area is 123 Å². The average Bonchev–Trinajstić information content (AvgIpc) is 2.32. The number of hydrogen-bond donors (Lipinski definition) is 0. The Hall–Kier alpha value is -1.06. The fourth-order valence-electron chi connectivity index (χ4n) is 1.32. The third-order valence-corrected chi connectivity index (χ3v) is 4.36. The molecule has 10 heteroatoms. The summed E-state index contributed by atoms with van der Waals surface area (Å²) in [6.07, 6.45) is 0. The van der Waals surface area contributed by atoms with Crippen LogP contribution in [-0.2, 0) is 9.05 Å². The molecular weight excluding hydrogens is 333 g/mol. The number of halogens is 2. The largest absolute Gasteiger partial charge is 0.486 e. The lowest BCUT2D eigenvalue weighted by Gasteiger charge is -2.08. The molecule has 112 valence electrons. The first-order valence-corrected chi connectivity index (χ1v) is 8.87. The van der Waals surface area contributed by atoms with Gasteiger partial charge in [0, 0.05) is 28.6 Å². The van der Waals surface area contributed by atoms with Gasteiger partial charge >= 0.3 is 5.69 Å². The summed E-state index contributed by atoms with van der Waals surface area (Å²) in [5.74, 6) is -0.0920. The van der Waals surface area contributed by atoms with Gasteiger partial charge in [0.05, 0.1) is 11.5 Å². The number of benzene rings is 1. The topological polar surface area (TPSA) is 86.5 Å². The summed E-state index contributed by atoms with van der Waals surface area (Å²) in [6.45, 7) is 2.08. The molecule has 0 aliphatic carbocycles. The van der Waals surface area contributed by atoms with Crippen molar-refractivity contribution in [2.75, 3.05) is 18.1 Å². The summed E-state index contributed by atoms with van der Waals surface area (Å²) in [6, 6.07) is 1.21. The molecule has 0 bridgehead atoms. The van der Waals surface area contributed by atoms with E-state index in [0.717, 1.165) is 5.75 Å². The van der Waals surface area contributed by atoms with Crippen molar-refractivity contribution >= 4 is 37.2 Å². The van der Waals surface area contributed by atoms with E-state index in [-0.39, 0.29) is 12.4 Å². The van der Waals surface area contributed by atoms with Crippen molar-refractivity contribution in [3.05, 3.63) is 28.1 Å². The lowest BCUT2D eigenvalue weighted by Crippen LogP contribution is -2.05. The molecule has 0 radical (unpaired) electrons. The Bertz CT molecular complexity index is 608. The van der Waals surface area contributed by atoms with Crippen molar-refractivity contribution in [3.8, 4) is 5.75 Å². The maximum Gasteiger partial charge on any atom is 0.312 e. The summed E-state index contributed by atoms with van der Waals surface area (Å²) in [5.41, 5.74) is -0.646. The average molecular weight is 344 g/mol. The van der Waals surface area contributed by atoms with Crippen LogP contribution in [0.25, 0.3) is 0 Å². The molecule has 0 N–H and O–H groups in total. The van der Waals surface area contributed by atoms with Gasteiger partial charge in [-0.3, -0.25) is 10.1 Å². The number of nitro benzene ring substituents is 1. The Kier molecular flexibility index (Phi) is 6.03. The molecular formula is C10H11ClFNO5S2. The minimum Gasteiger partial charge on any atom is -0.486 e. The number of nitrogens with zero attached hydrogens (tertiary/aromatic N) is 1. The highest BCUT2D eigenvalue weighted by atomic mass is 35.7. The predicted molar refractivity (Wildman–Crippen MR) is 74.6 cm³/mol. The Morgan fingerprint density at radius 2 is 2.15 bits per heavy atom. The maximum atomic E-state index is 13.6. The van der Waals surface area contributed by atoms with E-state index in [1.54, 1.807) is 11.8 Å². The van der Waals surface area contributed by atoms with E-state index in [1.165, 1.54) is 0 Å². The number of thioether (sulfide) groups is 1. The van der Waals surface area contributed by atoms with Crippen LogP contribution in [-0.4, -0.2) is 31.5 Å². The molecule has 0 aromatic heterocycles. The van der Waals surface area contributed by atoms with Crippen molar-refractivity contribution in [2.24, 2.45) is 0 Å². The molecule has 0 unspecified atom stereocenters. The lowest BCUT2D eigenvalue weighted by molar-refractivity contribution is -0.386. The van der Waals surface area contributed by atoms with Crippen LogP contribution in [0.5, 0.6) is 5.75 Å². The van der Waals surface area contributed by atoms with E-state index in [2.05, 4.69) is 0 Å². The zero-order valence-electron chi connectivity index (χ0n) is 10.3. The molecule has 0 saturated carbocycles. The monoisotopic (exact) mass is 343 g/mol.